The molecule has 4 nitrogen and oxygen atoms in total. The molecule has 0 saturated heterocycles. The van der Waals surface area contributed by atoms with Gasteiger partial charge in [0.25, 0.3) is 5.91 Å². The minimum absolute atomic E-state index is 0.154. The quantitative estimate of drug-likeness (QED) is 0.590. The van der Waals surface area contributed by atoms with E-state index in [2.05, 4.69) is 27.9 Å². The van der Waals surface area contributed by atoms with E-state index in [1.165, 1.54) is 25.3 Å². The molecule has 0 heterocycles. The maximum absolute atomic E-state index is 13.2. The van der Waals surface area contributed by atoms with Gasteiger partial charge in [0.15, 0.2) is 0 Å². The van der Waals surface area contributed by atoms with E-state index in [1.54, 1.807) is 0 Å². The number of rotatable bonds is 5. The predicted molar refractivity (Wildman–Crippen MR) is 92.5 cm³/mol. The minimum atomic E-state index is -0.837. The first-order valence-electron chi connectivity index (χ1n) is 6.88. The van der Waals surface area contributed by atoms with Gasteiger partial charge in [0, 0.05) is 15.6 Å². The molecule has 0 bridgehead atoms. The molecular formula is C17H15FINO3. The van der Waals surface area contributed by atoms with E-state index in [4.69, 9.17) is 4.74 Å². The van der Waals surface area contributed by atoms with Gasteiger partial charge < -0.3 is 10.1 Å². The van der Waals surface area contributed by atoms with E-state index >= 15 is 0 Å². The molecule has 0 aliphatic rings. The Morgan fingerprint density at radius 2 is 1.91 bits per heavy atom. The molecular weight excluding hydrogens is 412 g/mol. The molecule has 2 aromatic rings. The summed E-state index contributed by atoms with van der Waals surface area (Å²) in [5, 5.41) is 2.59. The maximum atomic E-state index is 13.2. The standard InChI is InChI=1S/C17H15FINO3/c1-23-17(22)15(9-11-5-7-14(19)8-6-11)20-16(21)12-3-2-4-13(18)10-12/h2-8,10,15H,9H2,1H3,(H,20,21)/t15-/m0/s1. The Morgan fingerprint density at radius 1 is 1.22 bits per heavy atom. The first kappa shape index (κ1) is 17.4. The average Bonchev–Trinajstić information content (AvgIpc) is 2.55. The lowest BCUT2D eigenvalue weighted by atomic mass is 10.1. The van der Waals surface area contributed by atoms with E-state index in [9.17, 15) is 14.0 Å². The molecule has 2 rings (SSSR count). The zero-order valence-electron chi connectivity index (χ0n) is 12.4. The van der Waals surface area contributed by atoms with Gasteiger partial charge in [-0.25, -0.2) is 9.18 Å². The summed E-state index contributed by atoms with van der Waals surface area (Å²) in [5.41, 5.74) is 1.04. The topological polar surface area (TPSA) is 55.4 Å². The molecule has 0 spiro atoms. The molecule has 2 aromatic carbocycles. The van der Waals surface area contributed by atoms with E-state index < -0.39 is 23.7 Å². The Morgan fingerprint density at radius 3 is 2.52 bits per heavy atom. The Bertz CT molecular complexity index is 703. The Hall–Kier alpha value is -1.96. The molecule has 0 saturated carbocycles. The van der Waals surface area contributed by atoms with Crippen molar-refractivity contribution in [2.24, 2.45) is 0 Å². The second-order valence-electron chi connectivity index (χ2n) is 4.89. The van der Waals surface area contributed by atoms with Gasteiger partial charge in [0.1, 0.15) is 11.9 Å². The molecule has 1 amide bonds. The number of carbonyl (C=O) groups is 2. The lowest BCUT2D eigenvalue weighted by Crippen LogP contribution is -2.43. The molecule has 1 atom stereocenters. The maximum Gasteiger partial charge on any atom is 0.328 e. The van der Waals surface area contributed by atoms with Crippen molar-refractivity contribution >= 4 is 34.5 Å². The molecule has 1 N–H and O–H groups in total. The fourth-order valence-corrected chi connectivity index (χ4v) is 2.42. The number of hydrogen-bond donors (Lipinski definition) is 1. The lowest BCUT2D eigenvalue weighted by Gasteiger charge is -2.17. The zero-order valence-corrected chi connectivity index (χ0v) is 14.5. The number of esters is 1. The second kappa shape index (κ2) is 8.05. The highest BCUT2D eigenvalue weighted by atomic mass is 127. The van der Waals surface area contributed by atoms with E-state index in [1.807, 2.05) is 24.3 Å². The van der Waals surface area contributed by atoms with Gasteiger partial charge >= 0.3 is 5.97 Å². The van der Waals surface area contributed by atoms with Crippen LogP contribution in [0.3, 0.4) is 0 Å². The van der Waals surface area contributed by atoms with Crippen molar-refractivity contribution in [1.29, 1.82) is 0 Å². The number of ether oxygens (including phenoxy) is 1. The summed E-state index contributed by atoms with van der Waals surface area (Å²) < 4.78 is 19.0. The van der Waals surface area contributed by atoms with Crippen molar-refractivity contribution < 1.29 is 18.7 Å². The van der Waals surface area contributed by atoms with Gasteiger partial charge in [0.05, 0.1) is 7.11 Å². The summed E-state index contributed by atoms with van der Waals surface area (Å²) in [5.74, 6) is -1.58. The third-order valence-corrected chi connectivity index (χ3v) is 3.95. The van der Waals surface area contributed by atoms with Crippen molar-refractivity contribution in [2.75, 3.05) is 7.11 Å². The van der Waals surface area contributed by atoms with Gasteiger partial charge in [-0.3, -0.25) is 4.79 Å². The number of hydrogen-bond acceptors (Lipinski definition) is 3. The van der Waals surface area contributed by atoms with Crippen molar-refractivity contribution in [3.05, 3.63) is 69.0 Å². The third-order valence-electron chi connectivity index (χ3n) is 3.23. The molecule has 120 valence electrons. The number of nitrogens with one attached hydrogen (secondary N) is 1. The van der Waals surface area contributed by atoms with E-state index in [-0.39, 0.29) is 5.56 Å². The largest absolute Gasteiger partial charge is 0.467 e. The molecule has 0 radical (unpaired) electrons. The predicted octanol–water partition coefficient (Wildman–Crippen LogP) is 2.94. The monoisotopic (exact) mass is 427 g/mol. The van der Waals surface area contributed by atoms with Gasteiger partial charge in [-0.2, -0.15) is 0 Å². The Kier molecular flexibility index (Phi) is 6.09. The first-order chi connectivity index (χ1) is 11.0. The van der Waals surface area contributed by atoms with Crippen LogP contribution in [0.25, 0.3) is 0 Å². The van der Waals surface area contributed by atoms with Crippen LogP contribution >= 0.6 is 22.6 Å². The van der Waals surface area contributed by atoms with Gasteiger partial charge in [0.2, 0.25) is 0 Å². The fourth-order valence-electron chi connectivity index (χ4n) is 2.06. The number of amides is 1. The van der Waals surface area contributed by atoms with Crippen LogP contribution in [0.15, 0.2) is 48.5 Å². The second-order valence-corrected chi connectivity index (χ2v) is 6.14. The van der Waals surface area contributed by atoms with Gasteiger partial charge in [-0.15, -0.1) is 0 Å². The molecule has 0 aliphatic heterocycles. The van der Waals surface area contributed by atoms with Crippen LogP contribution in [0.2, 0.25) is 0 Å². The fraction of sp³-hybridized carbons (Fsp3) is 0.176. The first-order valence-corrected chi connectivity index (χ1v) is 7.96. The van der Waals surface area contributed by atoms with Crippen LogP contribution in [0.4, 0.5) is 4.39 Å². The summed E-state index contributed by atoms with van der Waals surface area (Å²) in [6.07, 6.45) is 0.296. The molecule has 0 aromatic heterocycles. The number of carbonyl (C=O) groups excluding carboxylic acids is 2. The average molecular weight is 427 g/mol. The van der Waals surface area contributed by atoms with Crippen LogP contribution < -0.4 is 5.32 Å². The SMILES string of the molecule is COC(=O)[C@H](Cc1ccc(I)cc1)NC(=O)c1cccc(F)c1. The zero-order chi connectivity index (χ0) is 16.8. The highest BCUT2D eigenvalue weighted by Crippen LogP contribution is 2.10. The van der Waals surface area contributed by atoms with E-state index in [0.29, 0.717) is 6.42 Å². The normalized spacial score (nSPS) is 11.6. The van der Waals surface area contributed by atoms with Crippen LogP contribution in [-0.2, 0) is 16.0 Å². The van der Waals surface area contributed by atoms with Gasteiger partial charge in [-0.05, 0) is 58.5 Å². The van der Waals surface area contributed by atoms with Gasteiger partial charge in [-0.1, -0.05) is 18.2 Å². The Labute approximate surface area is 147 Å². The van der Waals surface area contributed by atoms with Crippen molar-refractivity contribution in [2.45, 2.75) is 12.5 Å². The molecule has 23 heavy (non-hydrogen) atoms. The van der Waals surface area contributed by atoms with Crippen molar-refractivity contribution in [1.82, 2.24) is 5.32 Å². The number of halogens is 2. The molecule has 0 unspecified atom stereocenters. The number of benzene rings is 2. The summed E-state index contributed by atoms with van der Waals surface area (Å²) in [4.78, 5) is 24.1. The van der Waals surface area contributed by atoms with Crippen LogP contribution in [0.1, 0.15) is 15.9 Å². The van der Waals surface area contributed by atoms with E-state index in [0.717, 1.165) is 15.2 Å². The number of methoxy groups -OCH3 is 1. The molecule has 0 aliphatic carbocycles. The van der Waals surface area contributed by atoms with Crippen molar-refractivity contribution in [3.8, 4) is 0 Å². The third kappa shape index (κ3) is 5.02. The van der Waals surface area contributed by atoms with Crippen LogP contribution in [0, 0.1) is 9.39 Å². The minimum Gasteiger partial charge on any atom is -0.467 e. The summed E-state index contributed by atoms with van der Waals surface area (Å²) >= 11 is 2.18. The summed E-state index contributed by atoms with van der Waals surface area (Å²) in [6.45, 7) is 0. The lowest BCUT2D eigenvalue weighted by molar-refractivity contribution is -0.142. The molecule has 6 heteroatoms. The molecule has 0 fully saturated rings. The highest BCUT2D eigenvalue weighted by Gasteiger charge is 2.22. The van der Waals surface area contributed by atoms with Crippen LogP contribution in [-0.4, -0.2) is 25.0 Å². The smallest absolute Gasteiger partial charge is 0.328 e. The summed E-state index contributed by atoms with van der Waals surface area (Å²) in [6, 6.07) is 12.0. The highest BCUT2D eigenvalue weighted by molar-refractivity contribution is 14.1. The van der Waals surface area contributed by atoms with Crippen LogP contribution in [0.5, 0.6) is 0 Å². The Balaban J connectivity index is 2.13. The summed E-state index contributed by atoms with van der Waals surface area (Å²) in [7, 11) is 1.26. The van der Waals surface area contributed by atoms with Crippen molar-refractivity contribution in [3.63, 3.8) is 0 Å².